The maximum absolute atomic E-state index is 13.4. The predicted molar refractivity (Wildman–Crippen MR) is 146 cm³/mol. The first-order valence-electron chi connectivity index (χ1n) is 15.0. The summed E-state index contributed by atoms with van der Waals surface area (Å²) in [4.78, 5) is 20.8. The molecular weight excluding hydrogens is 446 g/mol. The van der Waals surface area contributed by atoms with E-state index in [0.717, 1.165) is 50.6 Å². The zero-order chi connectivity index (χ0) is 24.9. The van der Waals surface area contributed by atoms with E-state index in [1.807, 2.05) is 0 Å². The number of carbonyl (C=O) groups is 1. The predicted octanol–water partition coefficient (Wildman–Crippen LogP) is 6.87. The fourth-order valence-electron chi connectivity index (χ4n) is 7.15. The van der Waals surface area contributed by atoms with Gasteiger partial charge in [0.05, 0.1) is 11.0 Å². The molecule has 1 aromatic heterocycles. The number of hydrogen-bond donors (Lipinski definition) is 0. The number of nitrogens with zero attached hydrogens (tertiary/aromatic N) is 3. The van der Waals surface area contributed by atoms with Gasteiger partial charge in [-0.05, 0) is 87.8 Å². The molecule has 2 heterocycles. The maximum Gasteiger partial charge on any atom is 0.224 e. The molecule has 0 bridgehead atoms. The van der Waals surface area contributed by atoms with Crippen LogP contribution < -0.4 is 0 Å². The molecule has 0 N–H and O–H groups in total. The van der Waals surface area contributed by atoms with Crippen LogP contribution in [-0.4, -0.2) is 46.2 Å². The summed E-state index contributed by atoms with van der Waals surface area (Å²) in [6.45, 7) is 7.83. The van der Waals surface area contributed by atoms with Crippen LogP contribution in [0.25, 0.3) is 11.0 Å². The molecular formula is C31H47N3O2. The van der Waals surface area contributed by atoms with E-state index in [2.05, 4.69) is 41.5 Å². The SMILES string of the molecule is CCN(C(=O)CCn1c2cc(C[C@H]3CCOC3)ccc2nc1[C@H]1CC[C@@H](CC)CC1)C1CCCCC1. The minimum Gasteiger partial charge on any atom is -0.381 e. The Morgan fingerprint density at radius 2 is 1.83 bits per heavy atom. The quantitative estimate of drug-likeness (QED) is 0.383. The molecule has 2 aromatic rings. The first-order chi connectivity index (χ1) is 17.7. The van der Waals surface area contributed by atoms with E-state index in [1.54, 1.807) is 0 Å². The lowest BCUT2D eigenvalue weighted by atomic mass is 9.80. The van der Waals surface area contributed by atoms with Crippen molar-refractivity contribution in [1.82, 2.24) is 14.5 Å². The molecule has 5 nitrogen and oxygen atoms in total. The van der Waals surface area contributed by atoms with Gasteiger partial charge >= 0.3 is 0 Å². The highest BCUT2D eigenvalue weighted by Gasteiger charge is 2.28. The lowest BCUT2D eigenvalue weighted by Gasteiger charge is -2.34. The lowest BCUT2D eigenvalue weighted by Crippen LogP contribution is -2.41. The average molecular weight is 494 g/mol. The molecule has 2 aliphatic carbocycles. The molecule has 2 saturated carbocycles. The summed E-state index contributed by atoms with van der Waals surface area (Å²) >= 11 is 0. The fraction of sp³-hybridized carbons (Fsp3) is 0.742. The molecule has 198 valence electrons. The largest absolute Gasteiger partial charge is 0.381 e. The van der Waals surface area contributed by atoms with E-state index in [0.29, 0.717) is 30.2 Å². The van der Waals surface area contributed by atoms with Crippen molar-refractivity contribution in [3.63, 3.8) is 0 Å². The highest BCUT2D eigenvalue weighted by atomic mass is 16.5. The molecule has 1 saturated heterocycles. The van der Waals surface area contributed by atoms with Crippen LogP contribution in [-0.2, 0) is 22.5 Å². The van der Waals surface area contributed by atoms with Gasteiger partial charge in [0.1, 0.15) is 5.82 Å². The van der Waals surface area contributed by atoms with Crippen molar-refractivity contribution in [3.8, 4) is 0 Å². The summed E-state index contributed by atoms with van der Waals surface area (Å²) in [5.41, 5.74) is 3.71. The molecule has 5 rings (SSSR count). The summed E-state index contributed by atoms with van der Waals surface area (Å²) in [6, 6.07) is 7.30. The number of carbonyl (C=O) groups excluding carboxylic acids is 1. The Kier molecular flexibility index (Phi) is 8.66. The van der Waals surface area contributed by atoms with Gasteiger partial charge in [-0.1, -0.05) is 38.7 Å². The second kappa shape index (κ2) is 12.1. The maximum atomic E-state index is 13.4. The van der Waals surface area contributed by atoms with Gasteiger partial charge in [0, 0.05) is 44.7 Å². The third-order valence-electron chi connectivity index (χ3n) is 9.41. The van der Waals surface area contributed by atoms with Crippen LogP contribution in [0.1, 0.15) is 108 Å². The van der Waals surface area contributed by atoms with Crippen LogP contribution >= 0.6 is 0 Å². The second-order valence-electron chi connectivity index (χ2n) is 11.7. The number of fused-ring (bicyclic) bond motifs is 1. The molecule has 1 aromatic carbocycles. The lowest BCUT2D eigenvalue weighted by molar-refractivity contribution is -0.134. The fourth-order valence-corrected chi connectivity index (χ4v) is 7.15. The monoisotopic (exact) mass is 493 g/mol. The molecule has 5 heteroatoms. The number of benzene rings is 1. The van der Waals surface area contributed by atoms with Crippen molar-refractivity contribution in [2.75, 3.05) is 19.8 Å². The Hall–Kier alpha value is -1.88. The van der Waals surface area contributed by atoms with E-state index in [4.69, 9.17) is 9.72 Å². The summed E-state index contributed by atoms with van der Waals surface area (Å²) in [7, 11) is 0. The molecule has 36 heavy (non-hydrogen) atoms. The van der Waals surface area contributed by atoms with E-state index < -0.39 is 0 Å². The van der Waals surface area contributed by atoms with Crippen LogP contribution in [0, 0.1) is 11.8 Å². The summed E-state index contributed by atoms with van der Waals surface area (Å²) in [6.07, 6.45) is 15.4. The number of ether oxygens (including phenoxy) is 1. The number of aryl methyl sites for hydroxylation is 1. The van der Waals surface area contributed by atoms with E-state index >= 15 is 0 Å². The number of aromatic nitrogens is 2. The van der Waals surface area contributed by atoms with Gasteiger partial charge in [0.2, 0.25) is 5.91 Å². The summed E-state index contributed by atoms with van der Waals surface area (Å²) in [5, 5.41) is 0. The summed E-state index contributed by atoms with van der Waals surface area (Å²) < 4.78 is 8.07. The topological polar surface area (TPSA) is 47.4 Å². The molecule has 1 amide bonds. The number of imidazole rings is 1. The Balaban J connectivity index is 1.38. The second-order valence-corrected chi connectivity index (χ2v) is 11.7. The smallest absolute Gasteiger partial charge is 0.224 e. The number of rotatable bonds is 9. The van der Waals surface area contributed by atoms with Crippen molar-refractivity contribution in [2.24, 2.45) is 11.8 Å². The van der Waals surface area contributed by atoms with Crippen molar-refractivity contribution >= 4 is 16.9 Å². The van der Waals surface area contributed by atoms with Gasteiger partial charge in [-0.25, -0.2) is 4.98 Å². The van der Waals surface area contributed by atoms with Crippen LogP contribution in [0.4, 0.5) is 0 Å². The van der Waals surface area contributed by atoms with Gasteiger partial charge in [0.25, 0.3) is 0 Å². The van der Waals surface area contributed by atoms with Crippen molar-refractivity contribution in [1.29, 1.82) is 0 Å². The van der Waals surface area contributed by atoms with Gasteiger partial charge in [0.15, 0.2) is 0 Å². The number of hydrogen-bond acceptors (Lipinski definition) is 3. The Bertz CT molecular complexity index is 995. The molecule has 3 fully saturated rings. The highest BCUT2D eigenvalue weighted by Crippen LogP contribution is 2.38. The average Bonchev–Trinajstić information content (AvgIpc) is 3.56. The first kappa shape index (κ1) is 25.8. The Morgan fingerprint density at radius 1 is 1.03 bits per heavy atom. The number of amides is 1. The van der Waals surface area contributed by atoms with E-state index in [-0.39, 0.29) is 0 Å². The zero-order valence-electron chi connectivity index (χ0n) is 22.7. The zero-order valence-corrected chi connectivity index (χ0v) is 22.7. The van der Waals surface area contributed by atoms with E-state index in [9.17, 15) is 4.79 Å². The van der Waals surface area contributed by atoms with Gasteiger partial charge in [-0.2, -0.15) is 0 Å². The molecule has 3 aliphatic rings. The van der Waals surface area contributed by atoms with Crippen LogP contribution in [0.3, 0.4) is 0 Å². The summed E-state index contributed by atoms with van der Waals surface area (Å²) in [5.74, 6) is 3.57. The van der Waals surface area contributed by atoms with Crippen molar-refractivity contribution in [2.45, 2.75) is 116 Å². The Morgan fingerprint density at radius 3 is 2.53 bits per heavy atom. The normalized spacial score (nSPS) is 25.4. The Labute approximate surface area is 218 Å². The highest BCUT2D eigenvalue weighted by molar-refractivity contribution is 5.79. The van der Waals surface area contributed by atoms with Gasteiger partial charge in [-0.3, -0.25) is 4.79 Å². The molecule has 0 unspecified atom stereocenters. The van der Waals surface area contributed by atoms with Gasteiger partial charge in [-0.15, -0.1) is 0 Å². The molecule has 1 aliphatic heterocycles. The van der Waals surface area contributed by atoms with Gasteiger partial charge < -0.3 is 14.2 Å². The standard InChI is InChI=1S/C31H47N3O2/c1-3-23-10-13-26(14-11-23)31-32-28-15-12-24(20-25-17-19-36-22-25)21-29(28)34(31)18-16-30(35)33(4-2)27-8-6-5-7-9-27/h12,15,21,23,25-27H,3-11,13-14,16-20,22H2,1-2H3/t23-,25-,26+/m1/s1. The minimum atomic E-state index is 0.325. The van der Waals surface area contributed by atoms with Crippen LogP contribution in [0.2, 0.25) is 0 Å². The molecule has 0 spiro atoms. The van der Waals surface area contributed by atoms with Crippen LogP contribution in [0.5, 0.6) is 0 Å². The molecule has 1 atom stereocenters. The van der Waals surface area contributed by atoms with Crippen molar-refractivity contribution in [3.05, 3.63) is 29.6 Å². The third kappa shape index (κ3) is 5.82. The third-order valence-corrected chi connectivity index (χ3v) is 9.41. The first-order valence-corrected chi connectivity index (χ1v) is 15.0. The minimum absolute atomic E-state index is 0.325. The van der Waals surface area contributed by atoms with E-state index in [1.165, 1.54) is 81.1 Å². The van der Waals surface area contributed by atoms with Crippen LogP contribution in [0.15, 0.2) is 18.2 Å². The molecule has 0 radical (unpaired) electrons. The van der Waals surface area contributed by atoms with Crippen molar-refractivity contribution < 1.29 is 9.53 Å².